The zero-order valence-electron chi connectivity index (χ0n) is 22.6. The van der Waals surface area contributed by atoms with Gasteiger partial charge in [0.25, 0.3) is 0 Å². The van der Waals surface area contributed by atoms with Crippen molar-refractivity contribution in [3.63, 3.8) is 0 Å². The number of hydrogen-bond donors (Lipinski definition) is 2. The van der Waals surface area contributed by atoms with Crippen molar-refractivity contribution in [2.75, 3.05) is 63.3 Å². The summed E-state index contributed by atoms with van der Waals surface area (Å²) in [7, 11) is 0. The van der Waals surface area contributed by atoms with Gasteiger partial charge < -0.3 is 29.6 Å². The minimum absolute atomic E-state index is 0.00926. The van der Waals surface area contributed by atoms with Gasteiger partial charge in [-0.3, -0.25) is 9.69 Å². The van der Waals surface area contributed by atoms with Crippen LogP contribution >= 0.6 is 11.6 Å². The molecular weight excluding hydrogens is 553 g/mol. The summed E-state index contributed by atoms with van der Waals surface area (Å²) in [6.07, 6.45) is 4.94. The summed E-state index contributed by atoms with van der Waals surface area (Å²) in [5.74, 6) is 0.141. The second-order valence-corrected chi connectivity index (χ2v) is 11.3. The maximum absolute atomic E-state index is 13.7. The number of likely N-dealkylation sites (tertiary alicyclic amines) is 1. The Morgan fingerprint density at radius 3 is 2.68 bits per heavy atom. The van der Waals surface area contributed by atoms with Crippen molar-refractivity contribution in [3.05, 3.63) is 59.7 Å². The van der Waals surface area contributed by atoms with Gasteiger partial charge in [-0.05, 0) is 24.3 Å². The van der Waals surface area contributed by atoms with Gasteiger partial charge >= 0.3 is 0 Å². The Morgan fingerprint density at radius 2 is 1.98 bits per heavy atom. The third-order valence-electron chi connectivity index (χ3n) is 7.33. The molecule has 3 fully saturated rings. The number of carbonyl (C=O) groups is 1. The molecule has 0 saturated carbocycles. The Balaban J connectivity index is 1.21. The number of fused-ring (bicyclic) bond motifs is 2. The summed E-state index contributed by atoms with van der Waals surface area (Å²) in [4.78, 5) is 24.0. The first-order valence-electron chi connectivity index (χ1n) is 13.5. The highest BCUT2D eigenvalue weighted by molar-refractivity contribution is 6.31. The van der Waals surface area contributed by atoms with Crippen LogP contribution in [0.3, 0.4) is 0 Å². The molecule has 6 rings (SSSR count). The Labute approximate surface area is 241 Å². The van der Waals surface area contributed by atoms with E-state index >= 15 is 0 Å². The summed E-state index contributed by atoms with van der Waals surface area (Å²) in [5.41, 5.74) is 1.53. The monoisotopic (exact) mass is 583 g/mol. The standard InChI is InChI=1S/C29H31ClFN5O5/c1-29(14-38-15-29)16-41-24-11-22-19(28(33-17-32-22)34-18-4-5-21(31)20(30)9-18)10-23(24)35-27(37)3-2-6-36-12-25-26(13-36)40-8-7-39-25/h2-5,9-11,17,25-26H,6-8,12-16H2,1H3,(H,35,37)(H,32,33,34)/b3-2+/t25-,26+. The highest BCUT2D eigenvalue weighted by Gasteiger charge is 2.36. The normalized spacial score (nSPS) is 21.9. The van der Waals surface area contributed by atoms with E-state index in [1.807, 2.05) is 6.08 Å². The molecule has 12 heteroatoms. The predicted molar refractivity (Wildman–Crippen MR) is 152 cm³/mol. The molecular formula is C29H31ClFN5O5. The van der Waals surface area contributed by atoms with Crippen LogP contribution in [0.2, 0.25) is 5.02 Å². The topological polar surface area (TPSA) is 107 Å². The molecule has 216 valence electrons. The number of halogens is 2. The van der Waals surface area contributed by atoms with Gasteiger partial charge in [0.05, 0.1) is 61.5 Å². The maximum Gasteiger partial charge on any atom is 0.248 e. The average Bonchev–Trinajstić information content (AvgIpc) is 3.36. The summed E-state index contributed by atoms with van der Waals surface area (Å²) in [6.45, 7) is 7.11. The van der Waals surface area contributed by atoms with Gasteiger partial charge in [0.2, 0.25) is 5.91 Å². The van der Waals surface area contributed by atoms with Crippen LogP contribution in [0.15, 0.2) is 48.8 Å². The molecule has 1 aromatic heterocycles. The van der Waals surface area contributed by atoms with Gasteiger partial charge in [-0.1, -0.05) is 24.6 Å². The molecule has 41 heavy (non-hydrogen) atoms. The highest BCUT2D eigenvalue weighted by atomic mass is 35.5. The van der Waals surface area contributed by atoms with E-state index in [0.717, 1.165) is 13.1 Å². The lowest BCUT2D eigenvalue weighted by Crippen LogP contribution is -2.44. The fourth-order valence-electron chi connectivity index (χ4n) is 5.07. The van der Waals surface area contributed by atoms with Crippen molar-refractivity contribution in [3.8, 4) is 5.75 Å². The van der Waals surface area contributed by atoms with E-state index in [4.69, 9.17) is 30.5 Å². The van der Waals surface area contributed by atoms with E-state index in [0.29, 0.717) is 73.4 Å². The summed E-state index contributed by atoms with van der Waals surface area (Å²) >= 11 is 5.96. The van der Waals surface area contributed by atoms with Gasteiger partial charge in [-0.15, -0.1) is 0 Å². The highest BCUT2D eigenvalue weighted by Crippen LogP contribution is 2.36. The number of amides is 1. The second kappa shape index (κ2) is 11.9. The van der Waals surface area contributed by atoms with Crippen molar-refractivity contribution in [2.24, 2.45) is 5.41 Å². The van der Waals surface area contributed by atoms with Gasteiger partial charge in [-0.25, -0.2) is 14.4 Å². The molecule has 2 N–H and O–H groups in total. The Morgan fingerprint density at radius 1 is 1.20 bits per heavy atom. The van der Waals surface area contributed by atoms with Crippen molar-refractivity contribution in [1.29, 1.82) is 0 Å². The van der Waals surface area contributed by atoms with Gasteiger partial charge in [0.1, 0.15) is 23.7 Å². The zero-order chi connectivity index (χ0) is 28.4. The lowest BCUT2D eigenvalue weighted by Gasteiger charge is -2.37. The first-order valence-corrected chi connectivity index (χ1v) is 13.9. The van der Waals surface area contributed by atoms with Crippen molar-refractivity contribution < 1.29 is 28.1 Å². The molecule has 3 aliphatic heterocycles. The zero-order valence-corrected chi connectivity index (χ0v) is 23.3. The molecule has 0 spiro atoms. The first-order chi connectivity index (χ1) is 19.8. The van der Waals surface area contributed by atoms with E-state index in [9.17, 15) is 9.18 Å². The lowest BCUT2D eigenvalue weighted by atomic mass is 9.90. The second-order valence-electron chi connectivity index (χ2n) is 10.9. The molecule has 10 nitrogen and oxygen atoms in total. The summed E-state index contributed by atoms with van der Waals surface area (Å²) in [5, 5.41) is 6.75. The third-order valence-corrected chi connectivity index (χ3v) is 7.61. The minimum atomic E-state index is -0.514. The van der Waals surface area contributed by atoms with Crippen LogP contribution in [-0.2, 0) is 19.0 Å². The molecule has 1 amide bonds. The van der Waals surface area contributed by atoms with Crippen LogP contribution in [0.4, 0.5) is 21.6 Å². The van der Waals surface area contributed by atoms with Crippen LogP contribution in [0, 0.1) is 11.2 Å². The van der Waals surface area contributed by atoms with Crippen LogP contribution in [0.1, 0.15) is 6.92 Å². The maximum atomic E-state index is 13.7. The minimum Gasteiger partial charge on any atom is -0.491 e. The number of nitrogens with one attached hydrogen (secondary N) is 2. The molecule has 0 unspecified atom stereocenters. The van der Waals surface area contributed by atoms with Crippen molar-refractivity contribution in [1.82, 2.24) is 14.9 Å². The number of nitrogens with zero attached hydrogens (tertiary/aromatic N) is 3. The molecule has 4 heterocycles. The van der Waals surface area contributed by atoms with E-state index in [-0.39, 0.29) is 28.6 Å². The van der Waals surface area contributed by atoms with E-state index in [1.165, 1.54) is 24.5 Å². The van der Waals surface area contributed by atoms with E-state index in [2.05, 4.69) is 32.4 Å². The number of hydrogen-bond acceptors (Lipinski definition) is 9. The van der Waals surface area contributed by atoms with Crippen LogP contribution in [0.5, 0.6) is 5.75 Å². The number of anilines is 3. The quantitative estimate of drug-likeness (QED) is 0.359. The van der Waals surface area contributed by atoms with Crippen LogP contribution in [0.25, 0.3) is 10.9 Å². The smallest absolute Gasteiger partial charge is 0.248 e. The number of rotatable bonds is 9. The number of benzene rings is 2. The summed E-state index contributed by atoms with van der Waals surface area (Å²) in [6, 6.07) is 7.86. The van der Waals surface area contributed by atoms with Crippen LogP contribution in [-0.4, -0.2) is 85.7 Å². The van der Waals surface area contributed by atoms with Gasteiger partial charge in [0, 0.05) is 48.3 Å². The van der Waals surface area contributed by atoms with E-state index < -0.39 is 5.82 Å². The number of carbonyl (C=O) groups excluding carboxylic acids is 1. The fraction of sp³-hybridized carbons (Fsp3) is 0.414. The Kier molecular flexibility index (Phi) is 8.05. The molecule has 2 aromatic carbocycles. The van der Waals surface area contributed by atoms with Crippen molar-refractivity contribution >= 4 is 45.6 Å². The summed E-state index contributed by atoms with van der Waals surface area (Å²) < 4.78 is 36.8. The molecule has 3 saturated heterocycles. The molecule has 2 atom stereocenters. The number of aromatic nitrogens is 2. The Bertz CT molecular complexity index is 1460. The molecule has 0 aliphatic carbocycles. The molecule has 0 radical (unpaired) electrons. The first kappa shape index (κ1) is 27.8. The average molecular weight is 584 g/mol. The molecule has 3 aromatic rings. The van der Waals surface area contributed by atoms with Gasteiger partial charge in [-0.2, -0.15) is 0 Å². The molecule has 0 bridgehead atoms. The SMILES string of the molecule is CC1(COc2cc3ncnc(Nc4ccc(F)c(Cl)c4)c3cc2NC(=O)/C=C/CN2C[C@@H]3OCCO[C@@H]3C2)COC1. The van der Waals surface area contributed by atoms with E-state index in [1.54, 1.807) is 18.2 Å². The Hall–Kier alpha value is -3.35. The lowest BCUT2D eigenvalue weighted by molar-refractivity contribution is -0.120. The third kappa shape index (κ3) is 6.44. The fourth-order valence-corrected chi connectivity index (χ4v) is 5.25. The van der Waals surface area contributed by atoms with Crippen molar-refractivity contribution in [2.45, 2.75) is 19.1 Å². The predicted octanol–water partition coefficient (Wildman–Crippen LogP) is 4.18. The van der Waals surface area contributed by atoms with Crippen LogP contribution < -0.4 is 15.4 Å². The number of ether oxygens (including phenoxy) is 4. The molecule has 3 aliphatic rings. The van der Waals surface area contributed by atoms with Gasteiger partial charge in [0.15, 0.2) is 0 Å². The largest absolute Gasteiger partial charge is 0.491 e.